The Hall–Kier alpha value is -0.710. The Morgan fingerprint density at radius 1 is 1.44 bits per heavy atom. The summed E-state index contributed by atoms with van der Waals surface area (Å²) in [4.78, 5) is 6.12. The van der Waals surface area contributed by atoms with Gasteiger partial charge in [-0.25, -0.2) is 4.98 Å². The Kier molecular flexibility index (Phi) is 3.26. The van der Waals surface area contributed by atoms with Gasteiger partial charge < -0.3 is 5.73 Å². The van der Waals surface area contributed by atoms with Gasteiger partial charge >= 0.3 is 0 Å². The molecule has 1 aromatic carbocycles. The van der Waals surface area contributed by atoms with Gasteiger partial charge in [0.1, 0.15) is 5.01 Å². The quantitative estimate of drug-likeness (QED) is 0.853. The highest BCUT2D eigenvalue weighted by atomic mass is 79.9. The van der Waals surface area contributed by atoms with Gasteiger partial charge in [-0.15, -0.1) is 11.3 Å². The lowest BCUT2D eigenvalue weighted by molar-refractivity contribution is 0.564. The van der Waals surface area contributed by atoms with E-state index in [0.29, 0.717) is 0 Å². The lowest BCUT2D eigenvalue weighted by atomic mass is 9.99. The van der Waals surface area contributed by atoms with Crippen LogP contribution in [0, 0.1) is 6.92 Å². The van der Waals surface area contributed by atoms with E-state index in [4.69, 9.17) is 10.7 Å². The maximum absolute atomic E-state index is 6.13. The summed E-state index contributed by atoms with van der Waals surface area (Å²) < 4.78 is 1.14. The van der Waals surface area contributed by atoms with Crippen LogP contribution < -0.4 is 5.73 Å². The molecule has 2 aromatic rings. The molecule has 0 bridgehead atoms. The van der Waals surface area contributed by atoms with E-state index < -0.39 is 0 Å². The number of benzene rings is 1. The number of hydrogen-bond acceptors (Lipinski definition) is 3. The van der Waals surface area contributed by atoms with Crippen molar-refractivity contribution in [2.45, 2.75) is 32.2 Å². The summed E-state index contributed by atoms with van der Waals surface area (Å²) in [5, 5.41) is 1.10. The average Bonchev–Trinajstić information content (AvgIpc) is 2.78. The Morgan fingerprint density at radius 3 is 3.00 bits per heavy atom. The van der Waals surface area contributed by atoms with E-state index in [9.17, 15) is 0 Å². The van der Waals surface area contributed by atoms with Gasteiger partial charge in [0.25, 0.3) is 0 Å². The van der Waals surface area contributed by atoms with E-state index in [-0.39, 0.29) is 6.04 Å². The zero-order valence-electron chi connectivity index (χ0n) is 10.2. The zero-order chi connectivity index (χ0) is 12.7. The molecule has 4 heteroatoms. The molecule has 2 nitrogen and oxygen atoms in total. The highest BCUT2D eigenvalue weighted by Crippen LogP contribution is 2.36. The lowest BCUT2D eigenvalue weighted by Crippen LogP contribution is -2.16. The number of thiazole rings is 1. The van der Waals surface area contributed by atoms with E-state index >= 15 is 0 Å². The minimum absolute atomic E-state index is 0.132. The molecular formula is C14H15BrN2S. The first-order valence-corrected chi connectivity index (χ1v) is 7.78. The molecule has 0 spiro atoms. The normalized spacial score (nSPS) is 18.7. The van der Waals surface area contributed by atoms with Crippen LogP contribution in [0.2, 0.25) is 0 Å². The molecule has 94 valence electrons. The third kappa shape index (κ3) is 2.13. The minimum Gasteiger partial charge on any atom is -0.323 e. The molecule has 1 unspecified atom stereocenters. The van der Waals surface area contributed by atoms with Crippen molar-refractivity contribution in [3.63, 3.8) is 0 Å². The topological polar surface area (TPSA) is 38.9 Å². The van der Waals surface area contributed by atoms with Crippen LogP contribution in [0.15, 0.2) is 22.7 Å². The number of aromatic nitrogens is 1. The maximum atomic E-state index is 6.13. The second-order valence-electron chi connectivity index (χ2n) is 4.79. The van der Waals surface area contributed by atoms with E-state index in [1.165, 1.54) is 22.4 Å². The Balaban J connectivity index is 2.04. The van der Waals surface area contributed by atoms with Crippen molar-refractivity contribution in [1.82, 2.24) is 4.98 Å². The summed E-state index contributed by atoms with van der Waals surface area (Å²) in [6, 6.07) is 6.54. The minimum atomic E-state index is 0.132. The monoisotopic (exact) mass is 322 g/mol. The molecule has 1 atom stereocenters. The van der Waals surface area contributed by atoms with Crippen LogP contribution in [-0.2, 0) is 6.42 Å². The molecule has 3 rings (SSSR count). The summed E-state index contributed by atoms with van der Waals surface area (Å²) in [5.41, 5.74) is 9.68. The van der Waals surface area contributed by atoms with E-state index in [0.717, 1.165) is 28.0 Å². The molecule has 0 aliphatic heterocycles. The molecule has 1 aliphatic rings. The molecule has 0 saturated heterocycles. The number of hydrogen-bond donors (Lipinski definition) is 1. The fourth-order valence-electron chi connectivity index (χ4n) is 2.30. The molecule has 2 N–H and O–H groups in total. The van der Waals surface area contributed by atoms with Crippen LogP contribution in [0.25, 0.3) is 10.6 Å². The lowest BCUT2D eigenvalue weighted by Gasteiger charge is -2.15. The van der Waals surface area contributed by atoms with Crippen molar-refractivity contribution in [2.75, 3.05) is 0 Å². The molecule has 0 amide bonds. The maximum Gasteiger partial charge on any atom is 0.123 e. The molecule has 0 fully saturated rings. The smallest absolute Gasteiger partial charge is 0.123 e. The molecule has 1 aromatic heterocycles. The van der Waals surface area contributed by atoms with Crippen LogP contribution in [0.4, 0.5) is 0 Å². The first-order valence-electron chi connectivity index (χ1n) is 6.17. The van der Waals surface area contributed by atoms with Gasteiger partial charge in [-0.1, -0.05) is 28.1 Å². The van der Waals surface area contributed by atoms with Crippen LogP contribution in [0.3, 0.4) is 0 Å². The van der Waals surface area contributed by atoms with Gasteiger partial charge in [0.05, 0.1) is 5.69 Å². The van der Waals surface area contributed by atoms with Gasteiger partial charge in [-0.05, 0) is 37.8 Å². The van der Waals surface area contributed by atoms with Gasteiger partial charge in [0.2, 0.25) is 0 Å². The molecule has 0 radical (unpaired) electrons. The fraction of sp³-hybridized carbons (Fsp3) is 0.357. The second kappa shape index (κ2) is 4.76. The van der Waals surface area contributed by atoms with Gasteiger partial charge in [0.15, 0.2) is 0 Å². The van der Waals surface area contributed by atoms with Gasteiger partial charge in [-0.3, -0.25) is 0 Å². The third-order valence-electron chi connectivity index (χ3n) is 3.42. The number of rotatable bonds is 1. The summed E-state index contributed by atoms with van der Waals surface area (Å²) in [6.07, 6.45) is 3.38. The highest BCUT2D eigenvalue weighted by Gasteiger charge is 2.22. The Labute approximate surface area is 119 Å². The highest BCUT2D eigenvalue weighted by molar-refractivity contribution is 9.10. The average molecular weight is 323 g/mol. The Morgan fingerprint density at radius 2 is 2.28 bits per heavy atom. The van der Waals surface area contributed by atoms with Crippen molar-refractivity contribution < 1.29 is 0 Å². The van der Waals surface area contributed by atoms with Crippen molar-refractivity contribution in [2.24, 2.45) is 5.73 Å². The molecule has 1 aliphatic carbocycles. The van der Waals surface area contributed by atoms with Crippen molar-refractivity contribution in [3.8, 4) is 10.6 Å². The Bertz CT molecular complexity index is 591. The van der Waals surface area contributed by atoms with Crippen molar-refractivity contribution in [3.05, 3.63) is 38.8 Å². The van der Waals surface area contributed by atoms with Gasteiger partial charge in [-0.2, -0.15) is 0 Å². The number of halogens is 1. The van der Waals surface area contributed by atoms with Crippen molar-refractivity contribution in [1.29, 1.82) is 0 Å². The number of aryl methyl sites for hydroxylation is 2. The predicted octanol–water partition coefficient (Wildman–Crippen LogP) is 4.22. The largest absolute Gasteiger partial charge is 0.323 e. The van der Waals surface area contributed by atoms with E-state index in [1.807, 2.05) is 0 Å². The first-order chi connectivity index (χ1) is 8.65. The van der Waals surface area contributed by atoms with Gasteiger partial charge in [0, 0.05) is 21.0 Å². The number of nitrogens with zero attached hydrogens (tertiary/aromatic N) is 1. The zero-order valence-corrected chi connectivity index (χ0v) is 12.6. The standard InChI is InChI=1S/C14H15BrN2S/c1-8-5-6-9(7-10(8)15)14-17-13-11(16)3-2-4-12(13)18-14/h5-7,11H,2-4,16H2,1H3. The van der Waals surface area contributed by atoms with Crippen LogP contribution >= 0.6 is 27.3 Å². The van der Waals surface area contributed by atoms with Crippen LogP contribution in [0.1, 0.15) is 35.0 Å². The van der Waals surface area contributed by atoms with E-state index in [1.54, 1.807) is 11.3 Å². The summed E-state index contributed by atoms with van der Waals surface area (Å²) in [5.74, 6) is 0. The summed E-state index contributed by atoms with van der Waals surface area (Å²) >= 11 is 5.37. The van der Waals surface area contributed by atoms with E-state index in [2.05, 4.69) is 41.1 Å². The summed E-state index contributed by atoms with van der Waals surface area (Å²) in [6.45, 7) is 2.09. The third-order valence-corrected chi connectivity index (χ3v) is 5.45. The molecule has 1 heterocycles. The fourth-order valence-corrected chi connectivity index (χ4v) is 3.85. The van der Waals surface area contributed by atoms with Crippen molar-refractivity contribution >= 4 is 27.3 Å². The first kappa shape index (κ1) is 12.3. The van der Waals surface area contributed by atoms with Crippen LogP contribution in [0.5, 0.6) is 0 Å². The summed E-state index contributed by atoms with van der Waals surface area (Å²) in [7, 11) is 0. The molecular weight excluding hydrogens is 308 g/mol. The SMILES string of the molecule is Cc1ccc(-c2nc3c(s2)CCCC3N)cc1Br. The van der Waals surface area contributed by atoms with Crippen LogP contribution in [-0.4, -0.2) is 4.98 Å². The molecule has 0 saturated carbocycles. The predicted molar refractivity (Wildman–Crippen MR) is 79.9 cm³/mol. The number of nitrogens with two attached hydrogens (primary N) is 1. The second-order valence-corrected chi connectivity index (χ2v) is 6.73. The molecule has 18 heavy (non-hydrogen) atoms. The number of fused-ring (bicyclic) bond motifs is 1.